The van der Waals surface area contributed by atoms with Crippen molar-refractivity contribution in [3.05, 3.63) is 24.5 Å². The second-order valence-electron chi connectivity index (χ2n) is 6.98. The van der Waals surface area contributed by atoms with E-state index in [1.807, 2.05) is 12.1 Å². The number of piperidine rings is 1. The molecule has 0 amide bonds. The Balaban J connectivity index is 1.67. The van der Waals surface area contributed by atoms with Crippen molar-refractivity contribution < 1.29 is 9.47 Å². The van der Waals surface area contributed by atoms with Gasteiger partial charge in [0.25, 0.3) is 0 Å². The van der Waals surface area contributed by atoms with Gasteiger partial charge in [-0.25, -0.2) is 4.99 Å². The number of hydrogen-bond acceptors (Lipinski definition) is 5. The van der Waals surface area contributed by atoms with Gasteiger partial charge in [0.1, 0.15) is 12.4 Å². The minimum atomic E-state index is 0.310. The summed E-state index contributed by atoms with van der Waals surface area (Å²) in [7, 11) is 0. The Labute approximate surface area is 163 Å². The number of aliphatic imine (C=N–C) groups is 1. The summed E-state index contributed by atoms with van der Waals surface area (Å²) in [6, 6.07) is 4.23. The van der Waals surface area contributed by atoms with Crippen molar-refractivity contribution in [3.63, 3.8) is 0 Å². The molecular formula is C20H35N5O2. The number of ether oxygens (including phenoxy) is 2. The van der Waals surface area contributed by atoms with Crippen molar-refractivity contribution in [2.24, 2.45) is 4.99 Å². The van der Waals surface area contributed by atoms with Crippen LogP contribution in [0.1, 0.15) is 33.6 Å². The van der Waals surface area contributed by atoms with E-state index in [0.29, 0.717) is 25.3 Å². The molecule has 0 atom stereocenters. The third-order valence-corrected chi connectivity index (χ3v) is 4.40. The van der Waals surface area contributed by atoms with Gasteiger partial charge in [0.15, 0.2) is 5.96 Å². The van der Waals surface area contributed by atoms with E-state index in [1.165, 1.54) is 0 Å². The highest BCUT2D eigenvalue weighted by molar-refractivity contribution is 5.80. The first-order valence-corrected chi connectivity index (χ1v) is 10.1. The standard InChI is InChI=1S/C20H35N5O2/c1-4-22-20(23-10-14-27-19-6-5-9-21-16-19)24-18-7-11-25(12-8-18)13-15-26-17(2)3/h5-6,9,16-18H,4,7-8,10-15H2,1-3H3,(H2,22,23,24). The molecule has 1 aromatic rings. The van der Waals surface area contributed by atoms with Gasteiger partial charge >= 0.3 is 0 Å². The van der Waals surface area contributed by atoms with Gasteiger partial charge in [-0.3, -0.25) is 4.98 Å². The van der Waals surface area contributed by atoms with Crippen molar-refractivity contribution >= 4 is 5.96 Å². The van der Waals surface area contributed by atoms with Gasteiger partial charge in [-0.15, -0.1) is 0 Å². The summed E-state index contributed by atoms with van der Waals surface area (Å²) in [6.45, 7) is 12.3. The summed E-state index contributed by atoms with van der Waals surface area (Å²) < 4.78 is 11.3. The molecule has 2 heterocycles. The molecule has 2 rings (SSSR count). The predicted octanol–water partition coefficient (Wildman–Crippen LogP) is 1.90. The highest BCUT2D eigenvalue weighted by Gasteiger charge is 2.19. The Morgan fingerprint density at radius 2 is 2.15 bits per heavy atom. The second-order valence-corrected chi connectivity index (χ2v) is 6.98. The Bertz CT molecular complexity index is 530. The molecule has 0 bridgehead atoms. The van der Waals surface area contributed by atoms with E-state index in [0.717, 1.165) is 57.3 Å². The molecule has 0 aromatic carbocycles. The fourth-order valence-electron chi connectivity index (χ4n) is 2.99. The molecule has 1 aromatic heterocycles. The molecule has 7 nitrogen and oxygen atoms in total. The monoisotopic (exact) mass is 377 g/mol. The maximum atomic E-state index is 5.65. The van der Waals surface area contributed by atoms with Gasteiger partial charge < -0.3 is 25.0 Å². The van der Waals surface area contributed by atoms with E-state index < -0.39 is 0 Å². The van der Waals surface area contributed by atoms with E-state index in [1.54, 1.807) is 12.4 Å². The molecule has 1 aliphatic rings. The molecule has 152 valence electrons. The zero-order valence-corrected chi connectivity index (χ0v) is 17.0. The molecule has 27 heavy (non-hydrogen) atoms. The smallest absolute Gasteiger partial charge is 0.191 e. The average Bonchev–Trinajstić information content (AvgIpc) is 2.67. The highest BCUT2D eigenvalue weighted by atomic mass is 16.5. The zero-order chi connectivity index (χ0) is 19.3. The number of hydrogen-bond donors (Lipinski definition) is 2. The number of aromatic nitrogens is 1. The number of guanidine groups is 1. The largest absolute Gasteiger partial charge is 0.490 e. The van der Waals surface area contributed by atoms with E-state index in [-0.39, 0.29) is 0 Å². The van der Waals surface area contributed by atoms with Crippen LogP contribution in [0.15, 0.2) is 29.5 Å². The van der Waals surface area contributed by atoms with Crippen molar-refractivity contribution in [1.29, 1.82) is 0 Å². The first kappa shape index (κ1) is 21.4. The molecule has 1 saturated heterocycles. The quantitative estimate of drug-likeness (QED) is 0.369. The minimum Gasteiger partial charge on any atom is -0.490 e. The van der Waals surface area contributed by atoms with Crippen molar-refractivity contribution in [1.82, 2.24) is 20.5 Å². The second kappa shape index (κ2) is 12.5. The maximum absolute atomic E-state index is 5.65. The lowest BCUT2D eigenvalue weighted by atomic mass is 10.1. The lowest BCUT2D eigenvalue weighted by Crippen LogP contribution is -2.49. The van der Waals surface area contributed by atoms with Crippen LogP contribution in [0.3, 0.4) is 0 Å². The Morgan fingerprint density at radius 1 is 1.33 bits per heavy atom. The Morgan fingerprint density at radius 3 is 2.81 bits per heavy atom. The third-order valence-electron chi connectivity index (χ3n) is 4.40. The summed E-state index contributed by atoms with van der Waals surface area (Å²) in [4.78, 5) is 11.1. The van der Waals surface area contributed by atoms with Crippen LogP contribution in [0.2, 0.25) is 0 Å². The highest BCUT2D eigenvalue weighted by Crippen LogP contribution is 2.10. The average molecular weight is 378 g/mol. The molecule has 0 aliphatic carbocycles. The third kappa shape index (κ3) is 9.06. The van der Waals surface area contributed by atoms with Crippen LogP contribution in [0, 0.1) is 0 Å². The van der Waals surface area contributed by atoms with E-state index in [2.05, 4.69) is 46.3 Å². The number of nitrogens with one attached hydrogen (secondary N) is 2. The fraction of sp³-hybridized carbons (Fsp3) is 0.700. The summed E-state index contributed by atoms with van der Waals surface area (Å²) >= 11 is 0. The lowest BCUT2D eigenvalue weighted by Gasteiger charge is -2.33. The van der Waals surface area contributed by atoms with Crippen LogP contribution in [0.25, 0.3) is 0 Å². The first-order valence-electron chi connectivity index (χ1n) is 10.1. The fourth-order valence-corrected chi connectivity index (χ4v) is 2.99. The van der Waals surface area contributed by atoms with Crippen LogP contribution < -0.4 is 15.4 Å². The predicted molar refractivity (Wildman–Crippen MR) is 109 cm³/mol. The zero-order valence-electron chi connectivity index (χ0n) is 17.0. The van der Waals surface area contributed by atoms with Crippen molar-refractivity contribution in [3.8, 4) is 5.75 Å². The molecule has 1 aliphatic heterocycles. The molecule has 0 radical (unpaired) electrons. The van der Waals surface area contributed by atoms with Gasteiger partial charge in [-0.05, 0) is 45.7 Å². The summed E-state index contributed by atoms with van der Waals surface area (Å²) in [5.74, 6) is 1.65. The maximum Gasteiger partial charge on any atom is 0.191 e. The number of pyridine rings is 1. The lowest BCUT2D eigenvalue weighted by molar-refractivity contribution is 0.0532. The van der Waals surface area contributed by atoms with Gasteiger partial charge in [0, 0.05) is 38.4 Å². The molecule has 1 fully saturated rings. The first-order chi connectivity index (χ1) is 13.2. The molecule has 0 saturated carbocycles. The van der Waals surface area contributed by atoms with Gasteiger partial charge in [0.05, 0.1) is 25.5 Å². The molecule has 7 heteroatoms. The van der Waals surface area contributed by atoms with Gasteiger partial charge in [-0.1, -0.05) is 0 Å². The van der Waals surface area contributed by atoms with Gasteiger partial charge in [-0.2, -0.15) is 0 Å². The number of rotatable bonds is 10. The van der Waals surface area contributed by atoms with Gasteiger partial charge in [0.2, 0.25) is 0 Å². The Kier molecular flexibility index (Phi) is 9.94. The van der Waals surface area contributed by atoms with E-state index in [9.17, 15) is 0 Å². The van der Waals surface area contributed by atoms with Crippen LogP contribution in [-0.2, 0) is 4.74 Å². The van der Waals surface area contributed by atoms with Crippen molar-refractivity contribution in [2.45, 2.75) is 45.8 Å². The number of nitrogens with zero attached hydrogens (tertiary/aromatic N) is 3. The Hall–Kier alpha value is -1.86. The topological polar surface area (TPSA) is 71.0 Å². The van der Waals surface area contributed by atoms with E-state index in [4.69, 9.17) is 9.47 Å². The summed E-state index contributed by atoms with van der Waals surface area (Å²) in [6.07, 6.45) is 6.01. The SMILES string of the molecule is CCNC(=NCCOc1cccnc1)NC1CCN(CCOC(C)C)CC1. The van der Waals surface area contributed by atoms with Crippen LogP contribution >= 0.6 is 0 Å². The van der Waals surface area contributed by atoms with Crippen LogP contribution in [0.5, 0.6) is 5.75 Å². The van der Waals surface area contributed by atoms with Crippen molar-refractivity contribution in [2.75, 3.05) is 45.9 Å². The minimum absolute atomic E-state index is 0.310. The molecule has 0 spiro atoms. The van der Waals surface area contributed by atoms with E-state index >= 15 is 0 Å². The number of likely N-dealkylation sites (tertiary alicyclic amines) is 1. The summed E-state index contributed by atoms with van der Waals surface area (Å²) in [5, 5.41) is 6.89. The molecule has 2 N–H and O–H groups in total. The van der Waals surface area contributed by atoms with Crippen LogP contribution in [0.4, 0.5) is 0 Å². The van der Waals surface area contributed by atoms with Crippen LogP contribution in [-0.4, -0.2) is 73.9 Å². The molecular weight excluding hydrogens is 342 g/mol. The normalized spacial score (nSPS) is 16.5. The molecule has 0 unspecified atom stereocenters. The summed E-state index contributed by atoms with van der Waals surface area (Å²) in [5.41, 5.74) is 0.